The average Bonchev–Trinajstić information content (AvgIpc) is 2.92. The van der Waals surface area contributed by atoms with E-state index in [1.54, 1.807) is 6.07 Å². The number of halogens is 1. The summed E-state index contributed by atoms with van der Waals surface area (Å²) in [7, 11) is 1.36. The van der Waals surface area contributed by atoms with Gasteiger partial charge in [-0.3, -0.25) is 4.79 Å². The second-order valence-electron chi connectivity index (χ2n) is 4.04. The van der Waals surface area contributed by atoms with Crippen LogP contribution in [0.15, 0.2) is 28.5 Å². The Kier molecular flexibility index (Phi) is 5.14. The van der Waals surface area contributed by atoms with Crippen molar-refractivity contribution in [1.82, 2.24) is 4.98 Å². The number of thioether (sulfide) groups is 1. The van der Waals surface area contributed by atoms with Crippen LogP contribution in [0, 0.1) is 5.82 Å². The first-order valence-electron chi connectivity index (χ1n) is 5.99. The number of rotatable bonds is 5. The van der Waals surface area contributed by atoms with Crippen molar-refractivity contribution in [3.8, 4) is 10.6 Å². The van der Waals surface area contributed by atoms with Crippen LogP contribution in [-0.2, 0) is 16.0 Å². The highest BCUT2D eigenvalue weighted by Crippen LogP contribution is 2.34. The number of methoxy groups -OCH3 is 1. The SMILES string of the molecule is COC(=O)CCc1csc(-c2c(F)cccc2SC)n1. The number of aromatic nitrogens is 1. The van der Waals surface area contributed by atoms with E-state index in [1.807, 2.05) is 17.7 Å². The number of aryl methyl sites for hydroxylation is 1. The third-order valence-corrected chi connectivity index (χ3v) is 4.46. The summed E-state index contributed by atoms with van der Waals surface area (Å²) >= 11 is 2.88. The lowest BCUT2D eigenvalue weighted by Gasteiger charge is -2.05. The summed E-state index contributed by atoms with van der Waals surface area (Å²) in [4.78, 5) is 16.4. The van der Waals surface area contributed by atoms with Gasteiger partial charge in [-0.25, -0.2) is 9.37 Å². The number of nitrogens with zero attached hydrogens (tertiary/aromatic N) is 1. The third-order valence-electron chi connectivity index (χ3n) is 2.77. The van der Waals surface area contributed by atoms with E-state index in [2.05, 4.69) is 9.72 Å². The minimum Gasteiger partial charge on any atom is -0.469 e. The predicted molar refractivity (Wildman–Crippen MR) is 79.6 cm³/mol. The lowest BCUT2D eigenvalue weighted by molar-refractivity contribution is -0.140. The van der Waals surface area contributed by atoms with E-state index in [1.165, 1.54) is 36.3 Å². The molecule has 0 aliphatic rings. The normalized spacial score (nSPS) is 10.6. The van der Waals surface area contributed by atoms with Gasteiger partial charge in [-0.05, 0) is 18.4 Å². The first kappa shape index (κ1) is 15.0. The van der Waals surface area contributed by atoms with Gasteiger partial charge in [0.25, 0.3) is 0 Å². The first-order valence-corrected chi connectivity index (χ1v) is 8.10. The number of carbonyl (C=O) groups excluding carboxylic acids is 1. The Morgan fingerprint density at radius 3 is 3.00 bits per heavy atom. The summed E-state index contributed by atoms with van der Waals surface area (Å²) in [6, 6.07) is 5.00. The highest BCUT2D eigenvalue weighted by atomic mass is 32.2. The summed E-state index contributed by atoms with van der Waals surface area (Å²) in [5, 5.41) is 2.50. The zero-order valence-corrected chi connectivity index (χ0v) is 12.8. The molecule has 1 aromatic heterocycles. The molecule has 0 saturated carbocycles. The topological polar surface area (TPSA) is 39.2 Å². The Morgan fingerprint density at radius 2 is 2.30 bits per heavy atom. The smallest absolute Gasteiger partial charge is 0.305 e. The first-order chi connectivity index (χ1) is 9.65. The van der Waals surface area contributed by atoms with Crippen LogP contribution < -0.4 is 0 Å². The van der Waals surface area contributed by atoms with Gasteiger partial charge in [0.1, 0.15) is 10.8 Å². The van der Waals surface area contributed by atoms with Gasteiger partial charge in [0, 0.05) is 16.7 Å². The van der Waals surface area contributed by atoms with E-state index in [0.29, 0.717) is 17.0 Å². The molecular formula is C14H14FNO2S2. The Labute approximate surface area is 125 Å². The van der Waals surface area contributed by atoms with Gasteiger partial charge >= 0.3 is 5.97 Å². The number of esters is 1. The maximum absolute atomic E-state index is 14.0. The van der Waals surface area contributed by atoms with Crippen molar-refractivity contribution in [2.24, 2.45) is 0 Å². The molecule has 0 aliphatic heterocycles. The zero-order chi connectivity index (χ0) is 14.5. The zero-order valence-electron chi connectivity index (χ0n) is 11.2. The van der Waals surface area contributed by atoms with Gasteiger partial charge in [-0.15, -0.1) is 23.1 Å². The average molecular weight is 311 g/mol. The van der Waals surface area contributed by atoms with E-state index in [4.69, 9.17) is 0 Å². The maximum Gasteiger partial charge on any atom is 0.305 e. The molecule has 1 heterocycles. The fourth-order valence-electron chi connectivity index (χ4n) is 1.75. The molecule has 0 unspecified atom stereocenters. The van der Waals surface area contributed by atoms with Crippen LogP contribution in [0.1, 0.15) is 12.1 Å². The number of ether oxygens (including phenoxy) is 1. The van der Waals surface area contributed by atoms with Crippen LogP contribution in [0.3, 0.4) is 0 Å². The van der Waals surface area contributed by atoms with Crippen LogP contribution in [0.5, 0.6) is 0 Å². The molecule has 0 atom stereocenters. The Hall–Kier alpha value is -1.40. The summed E-state index contributed by atoms with van der Waals surface area (Å²) in [5.74, 6) is -0.541. The van der Waals surface area contributed by atoms with Crippen LogP contribution in [-0.4, -0.2) is 24.3 Å². The monoisotopic (exact) mass is 311 g/mol. The van der Waals surface area contributed by atoms with E-state index in [-0.39, 0.29) is 18.2 Å². The number of carbonyl (C=O) groups is 1. The molecule has 6 heteroatoms. The second-order valence-corrected chi connectivity index (χ2v) is 5.74. The van der Waals surface area contributed by atoms with Crippen LogP contribution in [0.2, 0.25) is 0 Å². The minimum atomic E-state index is -0.272. The summed E-state index contributed by atoms with van der Waals surface area (Å²) in [6.07, 6.45) is 2.70. The van der Waals surface area contributed by atoms with E-state index in [9.17, 15) is 9.18 Å². The number of hydrogen-bond acceptors (Lipinski definition) is 5. The van der Waals surface area contributed by atoms with Gasteiger partial charge in [-0.1, -0.05) is 6.07 Å². The Morgan fingerprint density at radius 1 is 1.50 bits per heavy atom. The molecule has 0 amide bonds. The minimum absolute atomic E-state index is 0.268. The third kappa shape index (κ3) is 3.37. The standard InChI is InChI=1S/C14H14FNO2S2/c1-18-12(17)7-6-9-8-20-14(16-9)13-10(15)4-3-5-11(13)19-2/h3-5,8H,6-7H2,1-2H3. The lowest BCUT2D eigenvalue weighted by atomic mass is 10.2. The lowest BCUT2D eigenvalue weighted by Crippen LogP contribution is -2.02. The number of benzene rings is 1. The van der Waals surface area contributed by atoms with Gasteiger partial charge in [0.2, 0.25) is 0 Å². The van der Waals surface area contributed by atoms with Crippen molar-refractivity contribution in [3.63, 3.8) is 0 Å². The summed E-state index contributed by atoms with van der Waals surface area (Å²) < 4.78 is 18.6. The molecule has 0 aliphatic carbocycles. The van der Waals surface area contributed by atoms with E-state index < -0.39 is 0 Å². The fraction of sp³-hybridized carbons (Fsp3) is 0.286. The molecule has 1 aromatic carbocycles. The van der Waals surface area contributed by atoms with E-state index >= 15 is 0 Å². The fourth-order valence-corrected chi connectivity index (χ4v) is 3.34. The van der Waals surface area contributed by atoms with Gasteiger partial charge in [0.15, 0.2) is 0 Å². The van der Waals surface area contributed by atoms with Gasteiger partial charge in [0.05, 0.1) is 24.8 Å². The molecule has 0 fully saturated rings. The molecule has 0 bridgehead atoms. The molecule has 2 aromatic rings. The van der Waals surface area contributed by atoms with Gasteiger partial charge in [-0.2, -0.15) is 0 Å². The molecule has 0 saturated heterocycles. The van der Waals surface area contributed by atoms with E-state index in [0.717, 1.165) is 10.6 Å². The van der Waals surface area contributed by atoms with Crippen molar-refractivity contribution in [1.29, 1.82) is 0 Å². The van der Waals surface area contributed by atoms with Crippen molar-refractivity contribution in [3.05, 3.63) is 35.1 Å². The molecule has 0 radical (unpaired) electrons. The van der Waals surface area contributed by atoms with Crippen molar-refractivity contribution in [2.75, 3.05) is 13.4 Å². The maximum atomic E-state index is 14.0. The number of thiazole rings is 1. The predicted octanol–water partition coefficient (Wildman–Crippen LogP) is 3.78. The molecule has 20 heavy (non-hydrogen) atoms. The van der Waals surface area contributed by atoms with Crippen molar-refractivity contribution >= 4 is 29.1 Å². The quantitative estimate of drug-likeness (QED) is 0.622. The Balaban J connectivity index is 2.23. The molecule has 2 rings (SSSR count). The largest absolute Gasteiger partial charge is 0.469 e. The second kappa shape index (κ2) is 6.85. The molecule has 0 spiro atoms. The molecule has 106 valence electrons. The highest BCUT2D eigenvalue weighted by molar-refractivity contribution is 7.98. The van der Waals surface area contributed by atoms with Gasteiger partial charge < -0.3 is 4.74 Å². The van der Waals surface area contributed by atoms with Crippen LogP contribution in [0.25, 0.3) is 10.6 Å². The Bertz CT molecular complexity index is 613. The highest BCUT2D eigenvalue weighted by Gasteiger charge is 2.14. The van der Waals surface area contributed by atoms with Crippen molar-refractivity contribution in [2.45, 2.75) is 17.7 Å². The molecule has 0 N–H and O–H groups in total. The van der Waals surface area contributed by atoms with Crippen molar-refractivity contribution < 1.29 is 13.9 Å². The number of hydrogen-bond donors (Lipinski definition) is 0. The molecular weight excluding hydrogens is 297 g/mol. The van der Waals surface area contributed by atoms with Crippen LogP contribution >= 0.6 is 23.1 Å². The van der Waals surface area contributed by atoms with Crippen LogP contribution in [0.4, 0.5) is 4.39 Å². The summed E-state index contributed by atoms with van der Waals surface area (Å²) in [6.45, 7) is 0. The molecule has 3 nitrogen and oxygen atoms in total. The summed E-state index contributed by atoms with van der Waals surface area (Å²) in [5.41, 5.74) is 1.32.